The lowest BCUT2D eigenvalue weighted by atomic mass is 9.94. The Labute approximate surface area is 112 Å². The minimum absolute atomic E-state index is 0.119. The number of carbonyl (C=O) groups excluding carboxylic acids is 1. The van der Waals surface area contributed by atoms with Crippen LogP contribution in [0.2, 0.25) is 0 Å². The molecule has 2 rings (SSSR count). The van der Waals surface area contributed by atoms with Gasteiger partial charge in [-0.3, -0.25) is 4.99 Å². The lowest BCUT2D eigenvalue weighted by Gasteiger charge is -2.25. The Hall–Kier alpha value is -1.81. The van der Waals surface area contributed by atoms with Gasteiger partial charge in [0.2, 0.25) is 0 Å². The van der Waals surface area contributed by atoms with Crippen LogP contribution in [-0.2, 0) is 4.79 Å². The maximum absolute atomic E-state index is 10.8. The molecule has 1 atom stereocenters. The average molecular weight is 258 g/mol. The van der Waals surface area contributed by atoms with Crippen LogP contribution >= 0.6 is 12.2 Å². The fraction of sp³-hybridized carbons (Fsp3) is 0.214. The van der Waals surface area contributed by atoms with Crippen molar-refractivity contribution in [2.75, 3.05) is 0 Å². The number of thiocarbonyl (C=S) groups is 1. The number of carbonyl (C=O) groups is 1. The average Bonchev–Trinajstić information content (AvgIpc) is 2.42. The van der Waals surface area contributed by atoms with Crippen molar-refractivity contribution in [3.63, 3.8) is 0 Å². The molecule has 0 bridgehead atoms. The van der Waals surface area contributed by atoms with Crippen molar-refractivity contribution in [2.45, 2.75) is 19.4 Å². The third-order valence-corrected chi connectivity index (χ3v) is 3.15. The number of amidine groups is 1. The van der Waals surface area contributed by atoms with E-state index in [1.165, 1.54) is 5.37 Å². The minimum Gasteiger partial charge on any atom is -0.344 e. The fourth-order valence-electron chi connectivity index (χ4n) is 2.05. The highest BCUT2D eigenvalue weighted by Crippen LogP contribution is 2.31. The number of aldehydes is 1. The summed E-state index contributed by atoms with van der Waals surface area (Å²) in [7, 11) is 0. The Balaban J connectivity index is 2.44. The first kappa shape index (κ1) is 12.6. The van der Waals surface area contributed by atoms with Crippen LogP contribution < -0.4 is 5.32 Å². The molecule has 0 radical (unpaired) electrons. The van der Waals surface area contributed by atoms with Gasteiger partial charge in [0.25, 0.3) is 0 Å². The van der Waals surface area contributed by atoms with E-state index >= 15 is 0 Å². The summed E-state index contributed by atoms with van der Waals surface area (Å²) in [6.07, 6.45) is 1.29. The Kier molecular flexibility index (Phi) is 3.99. The number of hydrogen-bond acceptors (Lipinski definition) is 4. The minimum atomic E-state index is -0.119. The molecule has 1 aromatic carbocycles. The van der Waals surface area contributed by atoms with Gasteiger partial charge in [-0.25, -0.2) is 0 Å². The largest absolute Gasteiger partial charge is 0.344 e. The number of rotatable bonds is 4. The molecule has 0 aliphatic carbocycles. The molecule has 3 nitrogen and oxygen atoms in total. The monoisotopic (exact) mass is 258 g/mol. The van der Waals surface area contributed by atoms with Gasteiger partial charge in [-0.05, 0) is 18.1 Å². The highest BCUT2D eigenvalue weighted by molar-refractivity contribution is 7.80. The van der Waals surface area contributed by atoms with Gasteiger partial charge in [0.1, 0.15) is 18.2 Å². The van der Waals surface area contributed by atoms with Crippen LogP contribution in [0.1, 0.15) is 24.9 Å². The SMILES string of the molecule is CC1=C(CC=O)C(c2ccccc2)N=C(C=S)N1. The van der Waals surface area contributed by atoms with E-state index in [1.807, 2.05) is 37.3 Å². The van der Waals surface area contributed by atoms with E-state index in [4.69, 9.17) is 12.2 Å². The first-order chi connectivity index (χ1) is 8.76. The molecule has 18 heavy (non-hydrogen) atoms. The third-order valence-electron chi connectivity index (χ3n) is 2.93. The summed E-state index contributed by atoms with van der Waals surface area (Å²) >= 11 is 4.92. The molecule has 4 heteroatoms. The second-order valence-corrected chi connectivity index (χ2v) is 4.33. The summed E-state index contributed by atoms with van der Waals surface area (Å²) in [5.74, 6) is 0.672. The van der Waals surface area contributed by atoms with E-state index in [0.29, 0.717) is 12.3 Å². The van der Waals surface area contributed by atoms with E-state index < -0.39 is 0 Å². The van der Waals surface area contributed by atoms with Crippen LogP contribution in [0.4, 0.5) is 0 Å². The van der Waals surface area contributed by atoms with E-state index in [-0.39, 0.29) is 6.04 Å². The number of aliphatic imine (C=N–C) groups is 1. The van der Waals surface area contributed by atoms with E-state index in [2.05, 4.69) is 10.3 Å². The smallest absolute Gasteiger partial charge is 0.137 e. The van der Waals surface area contributed by atoms with Gasteiger partial charge in [0, 0.05) is 17.5 Å². The molecule has 0 saturated carbocycles. The summed E-state index contributed by atoms with van der Waals surface area (Å²) in [5.41, 5.74) is 3.03. The van der Waals surface area contributed by atoms with Crippen LogP contribution in [0.25, 0.3) is 0 Å². The molecule has 1 heterocycles. The number of benzene rings is 1. The van der Waals surface area contributed by atoms with Crippen LogP contribution in [0, 0.1) is 0 Å². The Bertz CT molecular complexity index is 520. The Morgan fingerprint density at radius 2 is 2.11 bits per heavy atom. The van der Waals surface area contributed by atoms with Gasteiger partial charge in [0.15, 0.2) is 0 Å². The number of hydrogen-bond donors (Lipinski definition) is 1. The van der Waals surface area contributed by atoms with Gasteiger partial charge in [-0.15, -0.1) is 0 Å². The number of nitrogens with zero attached hydrogens (tertiary/aromatic N) is 1. The molecule has 1 aliphatic rings. The van der Waals surface area contributed by atoms with Crippen LogP contribution in [-0.4, -0.2) is 17.5 Å². The van der Waals surface area contributed by atoms with E-state index in [1.54, 1.807) is 0 Å². The molecule has 1 aliphatic heterocycles. The number of allylic oxidation sites excluding steroid dienone is 1. The van der Waals surface area contributed by atoms with Crippen molar-refractivity contribution in [1.29, 1.82) is 0 Å². The first-order valence-corrected chi connectivity index (χ1v) is 6.21. The highest BCUT2D eigenvalue weighted by atomic mass is 32.1. The molecular weight excluding hydrogens is 244 g/mol. The highest BCUT2D eigenvalue weighted by Gasteiger charge is 2.22. The summed E-state index contributed by atoms with van der Waals surface area (Å²) in [6, 6.07) is 9.81. The van der Waals surface area contributed by atoms with E-state index in [9.17, 15) is 4.79 Å². The molecule has 0 fully saturated rings. The molecule has 0 saturated heterocycles. The quantitative estimate of drug-likeness (QED) is 0.666. The zero-order valence-corrected chi connectivity index (χ0v) is 10.9. The maximum atomic E-state index is 10.8. The fourth-order valence-corrected chi connectivity index (χ4v) is 2.17. The second-order valence-electron chi connectivity index (χ2n) is 4.09. The molecule has 1 aromatic rings. The third kappa shape index (κ3) is 2.54. The second kappa shape index (κ2) is 5.69. The standard InChI is InChI=1S/C14H14N2OS/c1-10-12(7-8-17)14(16-13(9-18)15-10)11-5-3-2-4-6-11/h2-6,8-9,14H,7H2,1H3,(H,15,16). The van der Waals surface area contributed by atoms with Gasteiger partial charge in [-0.1, -0.05) is 42.5 Å². The summed E-state index contributed by atoms with van der Waals surface area (Å²) in [5, 5.41) is 4.64. The van der Waals surface area contributed by atoms with Gasteiger partial charge < -0.3 is 10.1 Å². The van der Waals surface area contributed by atoms with Crippen molar-refractivity contribution < 1.29 is 4.79 Å². The number of nitrogens with one attached hydrogen (secondary N) is 1. The van der Waals surface area contributed by atoms with Gasteiger partial charge in [-0.2, -0.15) is 0 Å². The molecule has 1 unspecified atom stereocenters. The van der Waals surface area contributed by atoms with Gasteiger partial charge in [0.05, 0.1) is 0 Å². The summed E-state index contributed by atoms with van der Waals surface area (Å²) in [4.78, 5) is 15.4. The summed E-state index contributed by atoms with van der Waals surface area (Å²) < 4.78 is 0. The lowest BCUT2D eigenvalue weighted by Crippen LogP contribution is -2.29. The summed E-state index contributed by atoms with van der Waals surface area (Å²) in [6.45, 7) is 1.95. The van der Waals surface area contributed by atoms with Crippen LogP contribution in [0.3, 0.4) is 0 Å². The predicted octanol–water partition coefficient (Wildman–Crippen LogP) is 2.59. The molecule has 0 aromatic heterocycles. The topological polar surface area (TPSA) is 41.5 Å². The maximum Gasteiger partial charge on any atom is 0.137 e. The Morgan fingerprint density at radius 1 is 1.39 bits per heavy atom. The van der Waals surface area contributed by atoms with Crippen molar-refractivity contribution >= 4 is 29.7 Å². The first-order valence-electron chi connectivity index (χ1n) is 5.74. The zero-order valence-electron chi connectivity index (χ0n) is 10.1. The van der Waals surface area contributed by atoms with Crippen molar-refractivity contribution in [1.82, 2.24) is 5.32 Å². The van der Waals surface area contributed by atoms with E-state index in [0.717, 1.165) is 23.1 Å². The molecule has 1 N–H and O–H groups in total. The van der Waals surface area contributed by atoms with Crippen molar-refractivity contribution in [3.8, 4) is 0 Å². The molecular formula is C14H14N2OS. The van der Waals surface area contributed by atoms with Crippen molar-refractivity contribution in [3.05, 3.63) is 47.2 Å². The molecule has 92 valence electrons. The van der Waals surface area contributed by atoms with Crippen LogP contribution in [0.15, 0.2) is 46.6 Å². The van der Waals surface area contributed by atoms with Crippen LogP contribution in [0.5, 0.6) is 0 Å². The Morgan fingerprint density at radius 3 is 2.72 bits per heavy atom. The predicted molar refractivity (Wildman–Crippen MR) is 76.8 cm³/mol. The van der Waals surface area contributed by atoms with Crippen molar-refractivity contribution in [2.24, 2.45) is 4.99 Å². The van der Waals surface area contributed by atoms with Gasteiger partial charge >= 0.3 is 0 Å². The normalized spacial score (nSPS) is 18.9. The zero-order chi connectivity index (χ0) is 13.0. The molecule has 0 spiro atoms. The lowest BCUT2D eigenvalue weighted by molar-refractivity contribution is -0.107. The molecule has 0 amide bonds.